The Morgan fingerprint density at radius 2 is 1.65 bits per heavy atom. The van der Waals surface area contributed by atoms with Crippen molar-refractivity contribution in [3.05, 3.63) is 78.4 Å². The number of rotatable bonds is 4. The van der Waals surface area contributed by atoms with Gasteiger partial charge in [0.05, 0.1) is 11.4 Å². The maximum Gasteiger partial charge on any atom is 0.264 e. The average molecular weight is 304 g/mol. The van der Waals surface area contributed by atoms with Gasteiger partial charge in [0.15, 0.2) is 5.78 Å². The summed E-state index contributed by atoms with van der Waals surface area (Å²) in [5.41, 5.74) is 1.64. The van der Waals surface area contributed by atoms with Crippen LogP contribution < -0.4 is 5.01 Å². The second-order valence-corrected chi connectivity index (χ2v) is 5.17. The number of hydrogen-bond acceptors (Lipinski definition) is 3. The standard InChI is InChI=1S/C19H16N2O2/c1-2-9-16-17(18(22)14-10-5-3-6-11-14)19(23)21(20-16)15-12-7-4-8-13-15/h2-13,17H,1H3. The quantitative estimate of drug-likeness (QED) is 0.641. The molecule has 4 heteroatoms. The first-order valence-electron chi connectivity index (χ1n) is 7.42. The van der Waals surface area contributed by atoms with Gasteiger partial charge in [-0.1, -0.05) is 54.6 Å². The fourth-order valence-electron chi connectivity index (χ4n) is 2.54. The molecule has 0 saturated carbocycles. The van der Waals surface area contributed by atoms with Crippen LogP contribution in [-0.2, 0) is 4.79 Å². The van der Waals surface area contributed by atoms with Gasteiger partial charge in [0.25, 0.3) is 5.91 Å². The average Bonchev–Trinajstić information content (AvgIpc) is 2.92. The van der Waals surface area contributed by atoms with Crippen LogP contribution in [0.1, 0.15) is 17.3 Å². The minimum Gasteiger partial charge on any atom is -0.293 e. The third-order valence-corrected chi connectivity index (χ3v) is 3.63. The number of carbonyl (C=O) groups is 2. The van der Waals surface area contributed by atoms with Crippen LogP contribution in [0.2, 0.25) is 0 Å². The van der Waals surface area contributed by atoms with Crippen molar-refractivity contribution in [2.75, 3.05) is 5.01 Å². The van der Waals surface area contributed by atoms with Gasteiger partial charge in [-0.05, 0) is 25.1 Å². The van der Waals surface area contributed by atoms with E-state index in [-0.39, 0.29) is 11.7 Å². The van der Waals surface area contributed by atoms with Crippen LogP contribution in [0.3, 0.4) is 0 Å². The van der Waals surface area contributed by atoms with Crippen LogP contribution in [0.25, 0.3) is 0 Å². The molecule has 0 N–H and O–H groups in total. The molecule has 1 amide bonds. The number of hydrazone groups is 1. The smallest absolute Gasteiger partial charge is 0.264 e. The Morgan fingerprint density at radius 3 is 2.26 bits per heavy atom. The first-order chi connectivity index (χ1) is 11.2. The fraction of sp³-hybridized carbons (Fsp3) is 0.105. The van der Waals surface area contributed by atoms with Gasteiger partial charge in [-0.25, -0.2) is 0 Å². The number of allylic oxidation sites excluding steroid dienone is 2. The van der Waals surface area contributed by atoms with Gasteiger partial charge in [-0.3, -0.25) is 9.59 Å². The number of carbonyl (C=O) groups excluding carboxylic acids is 2. The molecule has 1 aliphatic heterocycles. The maximum atomic E-state index is 12.8. The van der Waals surface area contributed by atoms with E-state index in [2.05, 4.69) is 5.10 Å². The molecular weight excluding hydrogens is 288 g/mol. The molecule has 1 aliphatic rings. The zero-order chi connectivity index (χ0) is 16.2. The normalized spacial score (nSPS) is 17.6. The van der Waals surface area contributed by atoms with Crippen molar-refractivity contribution in [2.24, 2.45) is 11.0 Å². The Balaban J connectivity index is 1.99. The van der Waals surface area contributed by atoms with Crippen LogP contribution in [0.15, 0.2) is 77.9 Å². The van der Waals surface area contributed by atoms with Crippen molar-refractivity contribution in [1.29, 1.82) is 0 Å². The number of Topliss-reactive ketones (excluding diaryl/α,β-unsaturated/α-hetero) is 1. The van der Waals surface area contributed by atoms with E-state index in [9.17, 15) is 9.59 Å². The molecule has 3 rings (SSSR count). The van der Waals surface area contributed by atoms with Crippen molar-refractivity contribution in [1.82, 2.24) is 0 Å². The number of nitrogens with zero attached hydrogens (tertiary/aromatic N) is 2. The fourth-order valence-corrected chi connectivity index (χ4v) is 2.54. The van der Waals surface area contributed by atoms with E-state index >= 15 is 0 Å². The van der Waals surface area contributed by atoms with Gasteiger partial charge in [-0.15, -0.1) is 0 Å². The highest BCUT2D eigenvalue weighted by Crippen LogP contribution is 2.26. The van der Waals surface area contributed by atoms with Crippen LogP contribution in [0.5, 0.6) is 0 Å². The molecule has 0 saturated heterocycles. The summed E-state index contributed by atoms with van der Waals surface area (Å²) >= 11 is 0. The number of ketones is 1. The van der Waals surface area contributed by atoms with Crippen molar-refractivity contribution >= 4 is 23.1 Å². The lowest BCUT2D eigenvalue weighted by molar-refractivity contribution is -0.118. The van der Waals surface area contributed by atoms with Gasteiger partial charge < -0.3 is 0 Å². The Hall–Kier alpha value is -3.01. The second-order valence-electron chi connectivity index (χ2n) is 5.17. The second kappa shape index (κ2) is 6.40. The van der Waals surface area contributed by atoms with Crippen molar-refractivity contribution in [3.8, 4) is 0 Å². The summed E-state index contributed by atoms with van der Waals surface area (Å²) in [6.07, 6.45) is 3.50. The lowest BCUT2D eigenvalue weighted by atomic mass is 9.92. The molecule has 114 valence electrons. The van der Waals surface area contributed by atoms with E-state index in [4.69, 9.17) is 0 Å². The summed E-state index contributed by atoms with van der Waals surface area (Å²) in [6.45, 7) is 1.84. The Bertz CT molecular complexity index is 780. The molecule has 4 nitrogen and oxygen atoms in total. The van der Waals surface area contributed by atoms with Crippen LogP contribution >= 0.6 is 0 Å². The predicted octanol–water partition coefficient (Wildman–Crippen LogP) is 3.46. The number of benzene rings is 2. The molecular formula is C19H16N2O2. The molecule has 0 fully saturated rings. The molecule has 23 heavy (non-hydrogen) atoms. The Morgan fingerprint density at radius 1 is 1.04 bits per heavy atom. The summed E-state index contributed by atoms with van der Waals surface area (Å²) in [6, 6.07) is 18.0. The molecule has 0 aromatic heterocycles. The minimum absolute atomic E-state index is 0.231. The highest BCUT2D eigenvalue weighted by atomic mass is 16.2. The first-order valence-corrected chi connectivity index (χ1v) is 7.42. The molecule has 0 aliphatic carbocycles. The zero-order valence-corrected chi connectivity index (χ0v) is 12.7. The van der Waals surface area contributed by atoms with E-state index in [1.165, 1.54) is 5.01 Å². The van der Waals surface area contributed by atoms with E-state index in [0.717, 1.165) is 0 Å². The Labute approximate surface area is 134 Å². The predicted molar refractivity (Wildman–Crippen MR) is 90.4 cm³/mol. The number of para-hydroxylation sites is 1. The van der Waals surface area contributed by atoms with Crippen LogP contribution in [-0.4, -0.2) is 17.4 Å². The molecule has 2 aromatic rings. The Kier molecular flexibility index (Phi) is 4.15. The van der Waals surface area contributed by atoms with E-state index in [1.807, 2.05) is 31.2 Å². The SMILES string of the molecule is CC=CC1=NN(c2ccccc2)C(=O)C1C(=O)c1ccccc1. The summed E-state index contributed by atoms with van der Waals surface area (Å²) in [7, 11) is 0. The number of amides is 1. The van der Waals surface area contributed by atoms with Gasteiger partial charge in [0, 0.05) is 5.56 Å². The minimum atomic E-state index is -0.895. The summed E-state index contributed by atoms with van der Waals surface area (Å²) in [4.78, 5) is 25.5. The van der Waals surface area contributed by atoms with Crippen molar-refractivity contribution < 1.29 is 9.59 Å². The van der Waals surface area contributed by atoms with Crippen LogP contribution in [0.4, 0.5) is 5.69 Å². The molecule has 1 heterocycles. The summed E-state index contributed by atoms with van der Waals surface area (Å²) < 4.78 is 0. The molecule has 2 aromatic carbocycles. The molecule has 0 bridgehead atoms. The number of anilines is 1. The van der Waals surface area contributed by atoms with Gasteiger partial charge >= 0.3 is 0 Å². The molecule has 1 atom stereocenters. The molecule has 1 unspecified atom stereocenters. The van der Waals surface area contributed by atoms with Gasteiger partial charge in [-0.2, -0.15) is 10.1 Å². The van der Waals surface area contributed by atoms with Gasteiger partial charge in [0.2, 0.25) is 0 Å². The monoisotopic (exact) mass is 304 g/mol. The van der Waals surface area contributed by atoms with Crippen molar-refractivity contribution in [2.45, 2.75) is 6.92 Å². The largest absolute Gasteiger partial charge is 0.293 e. The lowest BCUT2D eigenvalue weighted by Crippen LogP contribution is -2.33. The summed E-state index contributed by atoms with van der Waals surface area (Å²) in [5.74, 6) is -1.45. The molecule has 0 spiro atoms. The number of hydrogen-bond donors (Lipinski definition) is 0. The lowest BCUT2D eigenvalue weighted by Gasteiger charge is -2.13. The topological polar surface area (TPSA) is 49.7 Å². The third-order valence-electron chi connectivity index (χ3n) is 3.63. The highest BCUT2D eigenvalue weighted by molar-refractivity contribution is 6.33. The van der Waals surface area contributed by atoms with Crippen LogP contribution in [0, 0.1) is 5.92 Å². The zero-order valence-electron chi connectivity index (χ0n) is 12.7. The highest BCUT2D eigenvalue weighted by Gasteiger charge is 2.40. The third kappa shape index (κ3) is 2.83. The summed E-state index contributed by atoms with van der Waals surface area (Å²) in [5, 5.41) is 5.66. The van der Waals surface area contributed by atoms with Gasteiger partial charge in [0.1, 0.15) is 5.92 Å². The van der Waals surface area contributed by atoms with E-state index in [0.29, 0.717) is 17.0 Å². The first kappa shape index (κ1) is 14.9. The maximum absolute atomic E-state index is 12.8. The van der Waals surface area contributed by atoms with E-state index in [1.54, 1.807) is 48.6 Å². The van der Waals surface area contributed by atoms with E-state index < -0.39 is 5.92 Å². The molecule has 0 radical (unpaired) electrons. The van der Waals surface area contributed by atoms with Crippen molar-refractivity contribution in [3.63, 3.8) is 0 Å².